The summed E-state index contributed by atoms with van der Waals surface area (Å²) in [5, 5.41) is 0. The Hall–Kier alpha value is -1.16. The molecule has 0 aliphatic heterocycles. The van der Waals surface area contributed by atoms with Gasteiger partial charge in [0.2, 0.25) is 0 Å². The first-order valence-corrected chi connectivity index (χ1v) is 5.48. The van der Waals surface area contributed by atoms with Crippen LogP contribution in [0.25, 0.3) is 0 Å². The number of aryl methyl sites for hydroxylation is 2. The van der Waals surface area contributed by atoms with Gasteiger partial charge in [0.25, 0.3) is 0 Å². The maximum Gasteiger partial charge on any atom is 0.127 e. The van der Waals surface area contributed by atoms with E-state index in [0.717, 1.165) is 22.3 Å². The van der Waals surface area contributed by atoms with Crippen molar-refractivity contribution in [2.45, 2.75) is 12.8 Å². The van der Waals surface area contributed by atoms with Gasteiger partial charge in [0.05, 0.1) is 6.33 Å². The van der Waals surface area contributed by atoms with Crippen LogP contribution < -0.4 is 0 Å². The molecule has 0 atom stereocenters. The molecule has 1 heterocycles. The summed E-state index contributed by atoms with van der Waals surface area (Å²) >= 11 is 3.32. The maximum absolute atomic E-state index is 13.3. The summed E-state index contributed by atoms with van der Waals surface area (Å²) in [6.45, 7) is 0. The zero-order valence-corrected chi connectivity index (χ0v) is 9.59. The van der Waals surface area contributed by atoms with Crippen LogP contribution in [-0.4, -0.2) is 9.97 Å². The van der Waals surface area contributed by atoms with Crippen molar-refractivity contribution in [2.24, 2.45) is 0 Å². The van der Waals surface area contributed by atoms with Crippen LogP contribution in [0.15, 0.2) is 35.2 Å². The highest BCUT2D eigenvalue weighted by molar-refractivity contribution is 9.10. The second-order valence-corrected chi connectivity index (χ2v) is 4.01. The number of rotatable bonds is 3. The molecule has 78 valence electrons. The fourth-order valence-corrected chi connectivity index (χ4v) is 1.86. The van der Waals surface area contributed by atoms with Gasteiger partial charge in [-0.05, 0) is 40.4 Å². The van der Waals surface area contributed by atoms with E-state index >= 15 is 0 Å². The van der Waals surface area contributed by atoms with Crippen molar-refractivity contribution in [1.82, 2.24) is 9.97 Å². The summed E-state index contributed by atoms with van der Waals surface area (Å²) in [4.78, 5) is 7.03. The van der Waals surface area contributed by atoms with E-state index < -0.39 is 0 Å². The highest BCUT2D eigenvalue weighted by Crippen LogP contribution is 2.15. The second kappa shape index (κ2) is 4.57. The van der Waals surface area contributed by atoms with Gasteiger partial charge in [-0.3, -0.25) is 0 Å². The number of aromatic amines is 1. The Morgan fingerprint density at radius 2 is 2.07 bits per heavy atom. The normalized spacial score (nSPS) is 10.5. The molecule has 0 aliphatic carbocycles. The molecule has 2 rings (SSSR count). The lowest BCUT2D eigenvalue weighted by Crippen LogP contribution is -1.95. The van der Waals surface area contributed by atoms with Crippen LogP contribution in [0.1, 0.15) is 11.3 Å². The van der Waals surface area contributed by atoms with Gasteiger partial charge in [0.1, 0.15) is 10.4 Å². The number of nitrogens with zero attached hydrogens (tertiary/aromatic N) is 1. The Kier molecular flexibility index (Phi) is 3.16. The molecule has 1 N–H and O–H groups in total. The number of hydrogen-bond acceptors (Lipinski definition) is 1. The monoisotopic (exact) mass is 268 g/mol. The number of halogens is 2. The smallest absolute Gasteiger partial charge is 0.127 e. The van der Waals surface area contributed by atoms with Gasteiger partial charge in [-0.15, -0.1) is 0 Å². The minimum atomic E-state index is -0.145. The van der Waals surface area contributed by atoms with E-state index in [-0.39, 0.29) is 5.82 Å². The summed E-state index contributed by atoms with van der Waals surface area (Å²) in [6.07, 6.45) is 3.05. The van der Waals surface area contributed by atoms with E-state index in [0.29, 0.717) is 6.42 Å². The molecule has 0 spiro atoms. The van der Waals surface area contributed by atoms with E-state index in [4.69, 9.17) is 0 Å². The van der Waals surface area contributed by atoms with Crippen LogP contribution in [-0.2, 0) is 12.8 Å². The van der Waals surface area contributed by atoms with E-state index in [2.05, 4.69) is 25.9 Å². The zero-order chi connectivity index (χ0) is 10.7. The van der Waals surface area contributed by atoms with E-state index in [1.807, 2.05) is 6.07 Å². The maximum atomic E-state index is 13.3. The standard InChI is InChI=1S/C11H10BrFN2/c12-11-10(14-7-15-11)6-5-8-3-1-2-4-9(8)13/h1-4,7H,5-6H2,(H,14,15). The van der Waals surface area contributed by atoms with E-state index in [1.165, 1.54) is 6.07 Å². The van der Waals surface area contributed by atoms with Gasteiger partial charge in [-0.2, -0.15) is 0 Å². The summed E-state index contributed by atoms with van der Waals surface area (Å²) < 4.78 is 14.1. The Morgan fingerprint density at radius 1 is 1.27 bits per heavy atom. The minimum Gasteiger partial charge on any atom is -0.348 e. The fourth-order valence-electron chi connectivity index (χ4n) is 1.44. The predicted octanol–water partition coefficient (Wildman–Crippen LogP) is 3.10. The molecular formula is C11H10BrFN2. The van der Waals surface area contributed by atoms with Crippen LogP contribution in [0.3, 0.4) is 0 Å². The van der Waals surface area contributed by atoms with Crippen molar-refractivity contribution in [2.75, 3.05) is 0 Å². The molecule has 0 radical (unpaired) electrons. The minimum absolute atomic E-state index is 0.145. The van der Waals surface area contributed by atoms with Crippen molar-refractivity contribution >= 4 is 15.9 Å². The molecule has 2 nitrogen and oxygen atoms in total. The first-order valence-electron chi connectivity index (χ1n) is 4.68. The SMILES string of the molecule is Fc1ccccc1CCc1[nH]cnc1Br. The van der Waals surface area contributed by atoms with Crippen molar-refractivity contribution in [3.05, 3.63) is 52.3 Å². The molecule has 0 saturated carbocycles. The number of hydrogen-bond donors (Lipinski definition) is 1. The number of benzene rings is 1. The quantitative estimate of drug-likeness (QED) is 0.911. The first kappa shape index (κ1) is 10.4. The molecule has 0 saturated heterocycles. The molecule has 1 aromatic heterocycles. The van der Waals surface area contributed by atoms with Gasteiger partial charge in [-0.1, -0.05) is 18.2 Å². The molecular weight excluding hydrogens is 259 g/mol. The van der Waals surface area contributed by atoms with Gasteiger partial charge < -0.3 is 4.98 Å². The largest absolute Gasteiger partial charge is 0.348 e. The second-order valence-electron chi connectivity index (χ2n) is 3.26. The Labute approximate surface area is 95.7 Å². The summed E-state index contributed by atoms with van der Waals surface area (Å²) in [5.41, 5.74) is 1.73. The number of aromatic nitrogens is 2. The van der Waals surface area contributed by atoms with E-state index in [1.54, 1.807) is 18.5 Å². The molecule has 0 aliphatic rings. The summed E-state index contributed by atoms with van der Waals surface area (Å²) in [6, 6.07) is 6.84. The van der Waals surface area contributed by atoms with Gasteiger partial charge in [0.15, 0.2) is 0 Å². The molecule has 2 aromatic rings. The lowest BCUT2D eigenvalue weighted by Gasteiger charge is -2.01. The average Bonchev–Trinajstić information content (AvgIpc) is 2.63. The van der Waals surface area contributed by atoms with Crippen LogP contribution in [0.4, 0.5) is 4.39 Å². The van der Waals surface area contributed by atoms with Crippen molar-refractivity contribution in [1.29, 1.82) is 0 Å². The average molecular weight is 269 g/mol. The Balaban J connectivity index is 2.06. The number of imidazole rings is 1. The fraction of sp³-hybridized carbons (Fsp3) is 0.182. The highest BCUT2D eigenvalue weighted by Gasteiger charge is 2.05. The zero-order valence-electron chi connectivity index (χ0n) is 8.00. The van der Waals surface area contributed by atoms with Crippen LogP contribution in [0.5, 0.6) is 0 Å². The first-order chi connectivity index (χ1) is 7.27. The summed E-state index contributed by atoms with van der Waals surface area (Å²) in [7, 11) is 0. The van der Waals surface area contributed by atoms with Gasteiger partial charge >= 0.3 is 0 Å². The topological polar surface area (TPSA) is 28.7 Å². The molecule has 0 amide bonds. The van der Waals surface area contributed by atoms with E-state index in [9.17, 15) is 4.39 Å². The lowest BCUT2D eigenvalue weighted by atomic mass is 10.1. The van der Waals surface area contributed by atoms with Crippen molar-refractivity contribution in [3.63, 3.8) is 0 Å². The third-order valence-electron chi connectivity index (χ3n) is 2.27. The molecule has 15 heavy (non-hydrogen) atoms. The third-order valence-corrected chi connectivity index (χ3v) is 2.95. The Bertz CT molecular complexity index is 453. The predicted molar refractivity (Wildman–Crippen MR) is 60.1 cm³/mol. The third kappa shape index (κ3) is 2.45. The van der Waals surface area contributed by atoms with Crippen LogP contribution in [0, 0.1) is 5.82 Å². The number of H-pyrrole nitrogens is 1. The Morgan fingerprint density at radius 3 is 2.73 bits per heavy atom. The van der Waals surface area contributed by atoms with Crippen molar-refractivity contribution < 1.29 is 4.39 Å². The molecule has 0 unspecified atom stereocenters. The van der Waals surface area contributed by atoms with Crippen LogP contribution >= 0.6 is 15.9 Å². The van der Waals surface area contributed by atoms with Crippen molar-refractivity contribution in [3.8, 4) is 0 Å². The molecule has 1 aromatic carbocycles. The lowest BCUT2D eigenvalue weighted by molar-refractivity contribution is 0.608. The van der Waals surface area contributed by atoms with Gasteiger partial charge in [-0.25, -0.2) is 9.37 Å². The van der Waals surface area contributed by atoms with Crippen LogP contribution in [0.2, 0.25) is 0 Å². The molecule has 0 fully saturated rings. The molecule has 4 heteroatoms. The molecule has 0 bridgehead atoms. The summed E-state index contributed by atoms with van der Waals surface area (Å²) in [5.74, 6) is -0.145. The van der Waals surface area contributed by atoms with Gasteiger partial charge in [0, 0.05) is 5.69 Å². The highest BCUT2D eigenvalue weighted by atomic mass is 79.9. The number of nitrogens with one attached hydrogen (secondary N) is 1.